The molecule has 374 valence electrons. The fraction of sp³-hybridized carbons (Fsp3) is 0.755. The van der Waals surface area contributed by atoms with Crippen molar-refractivity contribution >= 4 is 30.3 Å². The highest BCUT2D eigenvalue weighted by Crippen LogP contribution is 2.39. The van der Waals surface area contributed by atoms with Crippen LogP contribution in [0.25, 0.3) is 6.08 Å². The van der Waals surface area contributed by atoms with Gasteiger partial charge in [-0.3, -0.25) is 14.4 Å². The van der Waals surface area contributed by atoms with E-state index in [4.69, 9.17) is 37.9 Å². The van der Waals surface area contributed by atoms with E-state index in [1.807, 2.05) is 61.4 Å². The number of nitrogens with zero attached hydrogens (tertiary/aromatic N) is 2. The van der Waals surface area contributed by atoms with Crippen molar-refractivity contribution in [3.8, 4) is 0 Å². The molecule has 3 aliphatic rings. The number of rotatable bonds is 15. The summed E-state index contributed by atoms with van der Waals surface area (Å²) < 4.78 is 49.3. The zero-order chi connectivity index (χ0) is 48.7. The first-order valence-corrected chi connectivity index (χ1v) is 23.6. The summed E-state index contributed by atoms with van der Waals surface area (Å²) in [6, 6.07) is 8.98. The number of likely N-dealkylation sites (N-methyl/N-ethyl adjacent to an activating group) is 2. The maximum Gasteiger partial charge on any atom is 0.314 e. The molecule has 3 fully saturated rings. The van der Waals surface area contributed by atoms with E-state index in [1.165, 1.54) is 14.0 Å². The van der Waals surface area contributed by atoms with Crippen LogP contribution in [0.2, 0.25) is 0 Å². The van der Waals surface area contributed by atoms with E-state index in [-0.39, 0.29) is 38.2 Å². The van der Waals surface area contributed by atoms with Crippen molar-refractivity contribution in [2.24, 2.45) is 17.8 Å². The van der Waals surface area contributed by atoms with Crippen LogP contribution in [0.3, 0.4) is 0 Å². The normalized spacial score (nSPS) is 37.0. The molecule has 4 rings (SSSR count). The zero-order valence-electron chi connectivity index (χ0n) is 40.7. The van der Waals surface area contributed by atoms with Gasteiger partial charge in [0.05, 0.1) is 49.1 Å². The molecule has 0 amide bonds. The van der Waals surface area contributed by atoms with E-state index in [1.54, 1.807) is 46.7 Å². The molecule has 0 radical (unpaired) electrons. The second kappa shape index (κ2) is 26.4. The van der Waals surface area contributed by atoms with Crippen molar-refractivity contribution in [3.05, 3.63) is 42.0 Å². The van der Waals surface area contributed by atoms with Crippen LogP contribution < -0.4 is 0 Å². The molecule has 3 heterocycles. The van der Waals surface area contributed by atoms with Crippen molar-refractivity contribution in [2.45, 2.75) is 172 Å². The Morgan fingerprint density at radius 2 is 1.71 bits per heavy atom. The van der Waals surface area contributed by atoms with Crippen molar-refractivity contribution in [1.29, 1.82) is 0 Å². The molecule has 1 aromatic carbocycles. The van der Waals surface area contributed by atoms with Gasteiger partial charge in [-0.15, -0.1) is 0 Å². The number of ether oxygens (including phenoxy) is 8. The third-order valence-electron chi connectivity index (χ3n) is 13.1. The molecule has 3 saturated heterocycles. The fourth-order valence-electron chi connectivity index (χ4n) is 9.61. The Labute approximate surface area is 391 Å². The van der Waals surface area contributed by atoms with Gasteiger partial charge in [0.2, 0.25) is 0 Å². The lowest BCUT2D eigenvalue weighted by Gasteiger charge is -2.50. The van der Waals surface area contributed by atoms with Gasteiger partial charge in [0.25, 0.3) is 0 Å². The Bertz CT molecular complexity index is 1680. The summed E-state index contributed by atoms with van der Waals surface area (Å²) in [5.74, 6) is -3.83. The highest BCUT2D eigenvalue weighted by Gasteiger charge is 2.54. The summed E-state index contributed by atoms with van der Waals surface area (Å²) in [6.07, 6.45) is -5.10. The molecule has 17 nitrogen and oxygen atoms in total. The first-order chi connectivity index (χ1) is 31.3. The summed E-state index contributed by atoms with van der Waals surface area (Å²) in [7, 11) is 6.82. The summed E-state index contributed by atoms with van der Waals surface area (Å²) in [5, 5.41) is 35.2. The second-order valence-corrected chi connectivity index (χ2v) is 18.7. The molecular weight excluding hydrogens is 857 g/mol. The largest absolute Gasteiger partial charge is 0.466 e. The first-order valence-electron chi connectivity index (χ1n) is 23.6. The maximum atomic E-state index is 14.0. The summed E-state index contributed by atoms with van der Waals surface area (Å²) >= 11 is 0. The minimum atomic E-state index is -1.54. The smallest absolute Gasteiger partial charge is 0.314 e. The van der Waals surface area contributed by atoms with Gasteiger partial charge < -0.3 is 67.8 Å². The van der Waals surface area contributed by atoms with Gasteiger partial charge in [-0.05, 0) is 92.0 Å². The van der Waals surface area contributed by atoms with E-state index >= 15 is 0 Å². The Hall–Kier alpha value is -3.36. The van der Waals surface area contributed by atoms with E-state index < -0.39 is 115 Å². The predicted molar refractivity (Wildman–Crippen MR) is 244 cm³/mol. The Balaban J connectivity index is 1.69. The van der Waals surface area contributed by atoms with Crippen LogP contribution >= 0.6 is 0 Å². The van der Waals surface area contributed by atoms with E-state index in [9.17, 15) is 34.5 Å². The monoisotopic (exact) mass is 935 g/mol. The summed E-state index contributed by atoms with van der Waals surface area (Å²) in [6.45, 7) is 11.2. The summed E-state index contributed by atoms with van der Waals surface area (Å²) in [4.78, 5) is 56.3. The number of cyclic esters (lactones) is 1. The van der Waals surface area contributed by atoms with Gasteiger partial charge in [0.15, 0.2) is 12.6 Å². The Morgan fingerprint density at radius 3 is 2.33 bits per heavy atom. The lowest BCUT2D eigenvalue weighted by Crippen LogP contribution is -2.65. The van der Waals surface area contributed by atoms with Crippen molar-refractivity contribution in [2.75, 3.05) is 47.9 Å². The number of methoxy groups -OCH3 is 1. The topological polar surface area (TPSA) is 209 Å². The Kier molecular flexibility index (Phi) is 22.1. The number of aliphatic hydroxyl groups is 3. The minimum Gasteiger partial charge on any atom is -0.466 e. The number of esters is 3. The number of carbonyl (C=O) groups is 4. The molecule has 0 bridgehead atoms. The average Bonchev–Trinajstić information content (AvgIpc) is 3.24. The minimum absolute atomic E-state index is 0.00874. The number of hydrogen-bond acceptors (Lipinski definition) is 17. The molecule has 16 atom stereocenters. The number of aldehydes is 1. The van der Waals surface area contributed by atoms with Gasteiger partial charge in [-0.2, -0.15) is 0 Å². The molecule has 66 heavy (non-hydrogen) atoms. The molecule has 0 saturated carbocycles. The number of β-amino-alcohol motifs (C(OH)–C–C–N with tert-alkyl or cyclic N) is 1. The summed E-state index contributed by atoms with van der Waals surface area (Å²) in [5.41, 5.74) is -0.540. The van der Waals surface area contributed by atoms with E-state index in [0.29, 0.717) is 32.4 Å². The van der Waals surface area contributed by atoms with Crippen LogP contribution in [0.5, 0.6) is 0 Å². The number of benzene rings is 1. The highest BCUT2D eigenvalue weighted by atomic mass is 16.7. The van der Waals surface area contributed by atoms with Crippen LogP contribution in [0.1, 0.15) is 98.5 Å². The average molecular weight is 935 g/mol. The molecule has 3 N–H and O–H groups in total. The molecule has 0 aliphatic carbocycles. The number of carbonyl (C=O) groups excluding carboxylic acids is 4. The van der Waals surface area contributed by atoms with Gasteiger partial charge in [0.1, 0.15) is 42.7 Å². The quantitative estimate of drug-likeness (QED) is 0.129. The SMILES string of the molecule is CCOC(=O)[C@H]1[C@H](C)O[C@@H](O[C@H]2[C@H](N(C)C)[C@@H](O)[C@H](O[C@H]3[C@@H](CC=O)C[C@@H](C)[C@@H](O)CN(C)CCC[C@H](C/C=C/c4ccccc4)OC(=O)C[C@@H](OC(=O)CC)[C@@H]3OC)O[C@@H]2C)C[C@@]1(C)O. The van der Waals surface area contributed by atoms with E-state index in [2.05, 4.69) is 0 Å². The fourth-order valence-corrected chi connectivity index (χ4v) is 9.61. The molecule has 0 unspecified atom stereocenters. The standard InChI is InChI=1S/C49H78N2O15/c1-11-38(54)64-37-27-39(55)63-35(21-16-20-33-18-14-13-15-19-33)22-17-24-51(9)29-36(53)30(3)26-34(23-25-52)45(46(37)59-10)66-48-43(56)42(50(7)8)44(32(5)62-48)65-40-28-49(6,58)41(31(4)61-40)47(57)60-12-2/h13-16,18-20,25,30-32,34-37,40-46,48,53,56,58H,11-12,17,21-24,26-29H2,1-10H3/b20-16+/t30-,31+,32-,34+,35+,36+,37-,40+,41-,42-,43-,44-,45+,46+,48+,49-/m1/s1. The lowest BCUT2D eigenvalue weighted by atomic mass is 9.80. The number of hydrogen-bond donors (Lipinski definition) is 3. The predicted octanol–water partition coefficient (Wildman–Crippen LogP) is 3.92. The van der Waals surface area contributed by atoms with Crippen molar-refractivity contribution in [1.82, 2.24) is 9.80 Å². The zero-order valence-corrected chi connectivity index (χ0v) is 40.7. The molecular formula is C49H78N2O15. The molecule has 17 heteroatoms. The van der Waals surface area contributed by atoms with Crippen LogP contribution in [-0.4, -0.2) is 176 Å². The molecule has 0 aromatic heterocycles. The van der Waals surface area contributed by atoms with Crippen LogP contribution in [0, 0.1) is 17.8 Å². The van der Waals surface area contributed by atoms with Gasteiger partial charge in [-0.1, -0.05) is 56.3 Å². The second-order valence-electron chi connectivity index (χ2n) is 18.7. The van der Waals surface area contributed by atoms with E-state index in [0.717, 1.165) is 11.8 Å². The highest BCUT2D eigenvalue weighted by molar-refractivity contribution is 5.75. The van der Waals surface area contributed by atoms with Crippen LogP contribution in [-0.2, 0) is 57.1 Å². The molecule has 3 aliphatic heterocycles. The van der Waals surface area contributed by atoms with Gasteiger partial charge in [-0.25, -0.2) is 0 Å². The third-order valence-corrected chi connectivity index (χ3v) is 13.1. The Morgan fingerprint density at radius 1 is 1.00 bits per heavy atom. The first kappa shape index (κ1) is 55.2. The van der Waals surface area contributed by atoms with Crippen LogP contribution in [0.15, 0.2) is 36.4 Å². The lowest BCUT2D eigenvalue weighted by molar-refractivity contribution is -0.340. The van der Waals surface area contributed by atoms with Crippen LogP contribution in [0.4, 0.5) is 0 Å². The van der Waals surface area contributed by atoms with Crippen molar-refractivity contribution in [3.63, 3.8) is 0 Å². The number of aliphatic hydroxyl groups excluding tert-OH is 2. The third kappa shape index (κ3) is 15.6. The maximum absolute atomic E-state index is 14.0. The van der Waals surface area contributed by atoms with Gasteiger partial charge in [0, 0.05) is 39.3 Å². The molecule has 1 aromatic rings. The molecule has 0 spiro atoms. The van der Waals surface area contributed by atoms with Gasteiger partial charge >= 0.3 is 17.9 Å². The van der Waals surface area contributed by atoms with Crippen molar-refractivity contribution < 1.29 is 72.4 Å².